The first-order chi connectivity index (χ1) is 11.1. The van der Waals surface area contributed by atoms with Crippen molar-refractivity contribution in [3.63, 3.8) is 0 Å². The van der Waals surface area contributed by atoms with E-state index in [1.54, 1.807) is 24.4 Å². The van der Waals surface area contributed by atoms with Crippen LogP contribution in [0.2, 0.25) is 10.0 Å². The predicted molar refractivity (Wildman–Crippen MR) is 93.4 cm³/mol. The van der Waals surface area contributed by atoms with Crippen LogP contribution in [-0.2, 0) is 11.2 Å². The largest absolute Gasteiger partial charge is 0.482 e. The average Bonchev–Trinajstić information content (AvgIpc) is 2.54. The number of hydrogen-bond donors (Lipinski definition) is 1. The Morgan fingerprint density at radius 2 is 1.96 bits per heavy atom. The maximum atomic E-state index is 11.6. The van der Waals surface area contributed by atoms with Gasteiger partial charge >= 0.3 is 0 Å². The number of carbonyl (C=O) groups is 1. The van der Waals surface area contributed by atoms with Crippen LogP contribution >= 0.6 is 23.2 Å². The topological polar surface area (TPSA) is 50.7 Å². The molecule has 0 fully saturated rings. The number of hydrogen-bond acceptors (Lipinski definition) is 3. The van der Waals surface area contributed by atoms with Crippen molar-refractivity contribution in [1.29, 1.82) is 0 Å². The summed E-state index contributed by atoms with van der Waals surface area (Å²) in [6, 6.07) is 14.9. The molecule has 120 valence electrons. The highest BCUT2D eigenvalue weighted by molar-refractivity contribution is 6.35. The molecule has 4 nitrogen and oxygen atoms in total. The van der Waals surface area contributed by atoms with Crippen LogP contribution in [0.5, 0.6) is 5.75 Å². The third-order valence-electron chi connectivity index (χ3n) is 2.94. The number of amides is 1. The molecule has 0 heterocycles. The number of hydrazone groups is 1. The summed E-state index contributed by atoms with van der Waals surface area (Å²) >= 11 is 11.7. The van der Waals surface area contributed by atoms with Crippen molar-refractivity contribution in [3.05, 3.63) is 64.1 Å². The predicted octanol–water partition coefficient (Wildman–Crippen LogP) is 4.11. The van der Waals surface area contributed by atoms with Gasteiger partial charge in [-0.05, 0) is 36.6 Å². The van der Waals surface area contributed by atoms with E-state index in [0.717, 1.165) is 12.8 Å². The molecule has 2 aromatic carbocycles. The van der Waals surface area contributed by atoms with E-state index in [9.17, 15) is 4.79 Å². The molecule has 23 heavy (non-hydrogen) atoms. The quantitative estimate of drug-likeness (QED) is 0.603. The zero-order valence-corrected chi connectivity index (χ0v) is 13.8. The lowest BCUT2D eigenvalue weighted by Gasteiger charge is -2.06. The average molecular weight is 351 g/mol. The first kappa shape index (κ1) is 17.3. The molecule has 0 spiro atoms. The van der Waals surface area contributed by atoms with Crippen LogP contribution in [0.3, 0.4) is 0 Å². The van der Waals surface area contributed by atoms with E-state index in [1.165, 1.54) is 5.56 Å². The van der Waals surface area contributed by atoms with Gasteiger partial charge in [-0.2, -0.15) is 5.10 Å². The smallest absolute Gasteiger partial charge is 0.277 e. The molecule has 0 saturated heterocycles. The molecule has 2 rings (SSSR count). The van der Waals surface area contributed by atoms with E-state index in [1.807, 2.05) is 18.2 Å². The van der Waals surface area contributed by atoms with Gasteiger partial charge in [-0.1, -0.05) is 53.5 Å². The Balaban J connectivity index is 1.67. The summed E-state index contributed by atoms with van der Waals surface area (Å²) in [5, 5.41) is 4.74. The lowest BCUT2D eigenvalue weighted by atomic mass is 10.1. The number of ether oxygens (including phenoxy) is 1. The molecule has 0 saturated carbocycles. The normalized spacial score (nSPS) is 10.7. The molecule has 0 unspecified atom stereocenters. The van der Waals surface area contributed by atoms with Gasteiger partial charge in [0.1, 0.15) is 5.75 Å². The van der Waals surface area contributed by atoms with Crippen LogP contribution in [0.15, 0.2) is 53.6 Å². The molecule has 0 aliphatic rings. The van der Waals surface area contributed by atoms with E-state index >= 15 is 0 Å². The third-order valence-corrected chi connectivity index (χ3v) is 3.47. The molecule has 1 N–H and O–H groups in total. The minimum atomic E-state index is -0.355. The number of nitrogens with one attached hydrogen (secondary N) is 1. The van der Waals surface area contributed by atoms with Gasteiger partial charge in [0.2, 0.25) is 0 Å². The summed E-state index contributed by atoms with van der Waals surface area (Å²) in [6.45, 7) is -0.169. The van der Waals surface area contributed by atoms with Crippen molar-refractivity contribution in [2.24, 2.45) is 5.10 Å². The van der Waals surface area contributed by atoms with Crippen LogP contribution in [0.1, 0.15) is 12.0 Å². The summed E-state index contributed by atoms with van der Waals surface area (Å²) in [4.78, 5) is 11.6. The van der Waals surface area contributed by atoms with Crippen LogP contribution in [0.25, 0.3) is 0 Å². The second-order valence-electron chi connectivity index (χ2n) is 4.73. The Morgan fingerprint density at radius 1 is 1.17 bits per heavy atom. The molecule has 0 aromatic heterocycles. The fraction of sp³-hybridized carbons (Fsp3) is 0.176. The number of benzene rings is 2. The molecule has 0 aliphatic heterocycles. The van der Waals surface area contributed by atoms with E-state index in [4.69, 9.17) is 27.9 Å². The highest BCUT2D eigenvalue weighted by Gasteiger charge is 2.05. The number of carbonyl (C=O) groups excluding carboxylic acids is 1. The molecule has 0 radical (unpaired) electrons. The Hall–Kier alpha value is -2.04. The maximum Gasteiger partial charge on any atom is 0.277 e. The minimum absolute atomic E-state index is 0.169. The number of halogens is 2. The van der Waals surface area contributed by atoms with Crippen molar-refractivity contribution in [2.75, 3.05) is 6.61 Å². The minimum Gasteiger partial charge on any atom is -0.482 e. The number of nitrogens with zero attached hydrogens (tertiary/aromatic N) is 1. The Morgan fingerprint density at radius 3 is 2.70 bits per heavy atom. The highest BCUT2D eigenvalue weighted by Crippen LogP contribution is 2.27. The lowest BCUT2D eigenvalue weighted by molar-refractivity contribution is -0.123. The summed E-state index contributed by atoms with van der Waals surface area (Å²) in [6.07, 6.45) is 3.28. The maximum absolute atomic E-state index is 11.6. The highest BCUT2D eigenvalue weighted by atomic mass is 35.5. The van der Waals surface area contributed by atoms with Gasteiger partial charge in [0.25, 0.3) is 5.91 Å². The van der Waals surface area contributed by atoms with Crippen LogP contribution < -0.4 is 10.2 Å². The van der Waals surface area contributed by atoms with Gasteiger partial charge in [0.05, 0.1) is 5.02 Å². The molecule has 0 bridgehead atoms. The zero-order valence-electron chi connectivity index (χ0n) is 12.3. The van der Waals surface area contributed by atoms with Gasteiger partial charge in [0.15, 0.2) is 6.61 Å². The van der Waals surface area contributed by atoms with Crippen molar-refractivity contribution in [2.45, 2.75) is 12.8 Å². The third kappa shape index (κ3) is 6.30. The first-order valence-electron chi connectivity index (χ1n) is 7.07. The molecular weight excluding hydrogens is 335 g/mol. The Labute approximate surface area is 145 Å². The van der Waals surface area contributed by atoms with Gasteiger partial charge in [0, 0.05) is 11.2 Å². The summed E-state index contributed by atoms with van der Waals surface area (Å²) in [5.74, 6) is 0.0475. The zero-order chi connectivity index (χ0) is 16.5. The molecular formula is C17H16Cl2N2O2. The molecule has 0 atom stereocenters. The van der Waals surface area contributed by atoms with E-state index in [2.05, 4.69) is 22.7 Å². The van der Waals surface area contributed by atoms with Crippen LogP contribution in [0.4, 0.5) is 0 Å². The van der Waals surface area contributed by atoms with Crippen LogP contribution in [0, 0.1) is 0 Å². The fourth-order valence-corrected chi connectivity index (χ4v) is 2.29. The summed E-state index contributed by atoms with van der Waals surface area (Å²) in [7, 11) is 0. The summed E-state index contributed by atoms with van der Waals surface area (Å²) in [5.41, 5.74) is 3.63. The SMILES string of the molecule is O=C(COc1ccc(Cl)cc1Cl)N/N=C\CCc1ccccc1. The van der Waals surface area contributed by atoms with E-state index < -0.39 is 0 Å². The Bertz CT molecular complexity index is 676. The second-order valence-corrected chi connectivity index (χ2v) is 5.58. The molecule has 0 aliphatic carbocycles. The van der Waals surface area contributed by atoms with Gasteiger partial charge < -0.3 is 4.74 Å². The molecule has 1 amide bonds. The molecule has 6 heteroatoms. The van der Waals surface area contributed by atoms with Crippen molar-refractivity contribution < 1.29 is 9.53 Å². The van der Waals surface area contributed by atoms with Gasteiger partial charge in [-0.15, -0.1) is 0 Å². The van der Waals surface area contributed by atoms with Gasteiger partial charge in [-0.25, -0.2) is 5.43 Å². The lowest BCUT2D eigenvalue weighted by Crippen LogP contribution is -2.24. The van der Waals surface area contributed by atoms with Gasteiger partial charge in [-0.3, -0.25) is 4.79 Å². The van der Waals surface area contributed by atoms with Crippen LogP contribution in [-0.4, -0.2) is 18.7 Å². The second kappa shape index (κ2) is 9.18. The van der Waals surface area contributed by atoms with E-state index in [0.29, 0.717) is 15.8 Å². The first-order valence-corrected chi connectivity index (χ1v) is 7.83. The monoisotopic (exact) mass is 350 g/mol. The van der Waals surface area contributed by atoms with Crippen molar-refractivity contribution in [3.8, 4) is 5.75 Å². The van der Waals surface area contributed by atoms with E-state index in [-0.39, 0.29) is 12.5 Å². The number of rotatable bonds is 7. The van der Waals surface area contributed by atoms with Crippen molar-refractivity contribution >= 4 is 35.3 Å². The Kier molecular flexibility index (Phi) is 6.91. The fourth-order valence-electron chi connectivity index (χ4n) is 1.83. The number of aryl methyl sites for hydroxylation is 1. The summed E-state index contributed by atoms with van der Waals surface area (Å²) < 4.78 is 5.30. The van der Waals surface area contributed by atoms with Crippen molar-refractivity contribution in [1.82, 2.24) is 5.43 Å². The molecule has 2 aromatic rings. The standard InChI is InChI=1S/C17H16Cl2N2O2/c18-14-8-9-16(15(19)11-14)23-12-17(22)21-20-10-4-7-13-5-2-1-3-6-13/h1-3,5-6,8-11H,4,7,12H2,(H,21,22)/b20-10-.